The summed E-state index contributed by atoms with van der Waals surface area (Å²) >= 11 is 0. The number of β-amino-alcohol motifs (C(OH)–C–C–N with tert-alkyl or cyclic N) is 1. The second kappa shape index (κ2) is 14.1. The van der Waals surface area contributed by atoms with E-state index in [1.807, 2.05) is 13.0 Å². The topological polar surface area (TPSA) is 67.8 Å². The van der Waals surface area contributed by atoms with E-state index in [2.05, 4.69) is 69.4 Å². The molecular weight excluding hydrogens is 462 g/mol. The Balaban J connectivity index is 1.52. The molecule has 5 nitrogen and oxygen atoms in total. The van der Waals surface area contributed by atoms with Crippen LogP contribution in [0.5, 0.6) is 0 Å². The third-order valence-corrected chi connectivity index (χ3v) is 7.47. The van der Waals surface area contributed by atoms with Gasteiger partial charge in [0.05, 0.1) is 25.4 Å². The maximum Gasteiger partial charge on any atom is 0.306 e. The summed E-state index contributed by atoms with van der Waals surface area (Å²) in [6.45, 7) is 11.7. The second-order valence-electron chi connectivity index (χ2n) is 11.2. The third-order valence-electron chi connectivity index (χ3n) is 7.47. The lowest BCUT2D eigenvalue weighted by atomic mass is 9.88. The first-order valence-electron chi connectivity index (χ1n) is 14.1. The Morgan fingerprint density at radius 3 is 2.46 bits per heavy atom. The summed E-state index contributed by atoms with van der Waals surface area (Å²) in [5.74, 6) is 0.465. The van der Waals surface area contributed by atoms with Crippen LogP contribution >= 0.6 is 0 Å². The number of hydrogen-bond acceptors (Lipinski definition) is 5. The molecule has 2 N–H and O–H groups in total. The quantitative estimate of drug-likeness (QED) is 0.293. The number of nitrogens with one attached hydrogen (secondary N) is 1. The standard InChI is InChI=1S/C32H47NO4/c1-6-11-30(29-15-10-12-23(3)28(29)16-17-31(35)36-7-2)37-22-27(34)21-33-32(4,5)20-24-18-25-13-8-9-14-26(25)19-24/h8-10,12-15,24,27,30,33-34H,6-7,11,16-22H2,1-5H3/t27-,30-/m1/s1. The number of esters is 1. The molecule has 1 aliphatic carbocycles. The minimum atomic E-state index is -0.591. The van der Waals surface area contributed by atoms with Gasteiger partial charge in [-0.15, -0.1) is 0 Å². The molecule has 0 saturated carbocycles. The van der Waals surface area contributed by atoms with Crippen LogP contribution in [0, 0.1) is 12.8 Å². The summed E-state index contributed by atoms with van der Waals surface area (Å²) in [6, 6.07) is 15.0. The van der Waals surface area contributed by atoms with Crippen molar-refractivity contribution in [2.75, 3.05) is 19.8 Å². The molecule has 37 heavy (non-hydrogen) atoms. The molecule has 2 atom stereocenters. The van der Waals surface area contributed by atoms with Crippen molar-refractivity contribution in [1.29, 1.82) is 0 Å². The number of hydrogen-bond donors (Lipinski definition) is 2. The van der Waals surface area contributed by atoms with Crippen LogP contribution in [0.1, 0.15) is 87.3 Å². The summed E-state index contributed by atoms with van der Waals surface area (Å²) < 4.78 is 11.4. The molecular formula is C32H47NO4. The van der Waals surface area contributed by atoms with Crippen LogP contribution in [-0.4, -0.2) is 42.5 Å². The van der Waals surface area contributed by atoms with E-state index < -0.39 is 6.10 Å². The number of rotatable bonds is 15. The molecule has 0 fully saturated rings. The van der Waals surface area contributed by atoms with Gasteiger partial charge in [-0.3, -0.25) is 4.79 Å². The van der Waals surface area contributed by atoms with Crippen LogP contribution in [0.25, 0.3) is 0 Å². The van der Waals surface area contributed by atoms with E-state index >= 15 is 0 Å². The zero-order valence-electron chi connectivity index (χ0n) is 23.5. The lowest BCUT2D eigenvalue weighted by molar-refractivity contribution is -0.143. The van der Waals surface area contributed by atoms with Gasteiger partial charge in [-0.25, -0.2) is 0 Å². The Kier molecular flexibility index (Phi) is 11.2. The Morgan fingerprint density at radius 1 is 1.11 bits per heavy atom. The Morgan fingerprint density at radius 2 is 1.81 bits per heavy atom. The van der Waals surface area contributed by atoms with Crippen LogP contribution in [-0.2, 0) is 33.5 Å². The van der Waals surface area contributed by atoms with Gasteiger partial charge in [0.2, 0.25) is 0 Å². The van der Waals surface area contributed by atoms with Crippen LogP contribution in [0.2, 0.25) is 0 Å². The molecule has 0 heterocycles. The van der Waals surface area contributed by atoms with Gasteiger partial charge in [0.25, 0.3) is 0 Å². The average Bonchev–Trinajstić information content (AvgIpc) is 3.26. The van der Waals surface area contributed by atoms with Crippen molar-refractivity contribution in [3.8, 4) is 0 Å². The van der Waals surface area contributed by atoms with Crippen molar-refractivity contribution in [2.24, 2.45) is 5.92 Å². The number of carbonyl (C=O) groups excluding carboxylic acids is 1. The maximum absolute atomic E-state index is 12.0. The predicted octanol–water partition coefficient (Wildman–Crippen LogP) is 5.88. The fourth-order valence-electron chi connectivity index (χ4n) is 5.69. The smallest absolute Gasteiger partial charge is 0.306 e. The predicted molar refractivity (Wildman–Crippen MR) is 150 cm³/mol. The number of aliphatic hydroxyl groups excluding tert-OH is 1. The van der Waals surface area contributed by atoms with Gasteiger partial charge < -0.3 is 19.9 Å². The molecule has 0 saturated heterocycles. The molecule has 0 spiro atoms. The van der Waals surface area contributed by atoms with Crippen LogP contribution in [0.4, 0.5) is 0 Å². The molecule has 3 rings (SSSR count). The van der Waals surface area contributed by atoms with Crippen molar-refractivity contribution in [2.45, 2.75) is 97.3 Å². The van der Waals surface area contributed by atoms with Crippen molar-refractivity contribution >= 4 is 5.97 Å². The first kappa shape index (κ1) is 29.3. The Bertz CT molecular complexity index is 977. The first-order chi connectivity index (χ1) is 17.7. The largest absolute Gasteiger partial charge is 0.466 e. The third kappa shape index (κ3) is 8.94. The lowest BCUT2D eigenvalue weighted by Crippen LogP contribution is -2.45. The normalized spacial score (nSPS) is 15.4. The van der Waals surface area contributed by atoms with E-state index in [1.54, 1.807) is 0 Å². The molecule has 0 unspecified atom stereocenters. The highest BCUT2D eigenvalue weighted by molar-refractivity contribution is 5.69. The Hall–Kier alpha value is -2.21. The molecule has 0 amide bonds. The molecule has 0 radical (unpaired) electrons. The Labute approximate surface area is 224 Å². The van der Waals surface area contributed by atoms with Crippen molar-refractivity contribution in [3.63, 3.8) is 0 Å². The van der Waals surface area contributed by atoms with Gasteiger partial charge in [0.1, 0.15) is 0 Å². The number of carbonyl (C=O) groups is 1. The molecule has 1 aliphatic rings. The van der Waals surface area contributed by atoms with Crippen LogP contribution in [0.15, 0.2) is 42.5 Å². The zero-order valence-corrected chi connectivity index (χ0v) is 23.5. The SMILES string of the molecule is CCC[C@@H](OC[C@H](O)CNC(C)(C)CC1Cc2ccccc2C1)c1cccc(C)c1CCC(=O)OCC. The van der Waals surface area contributed by atoms with Gasteiger partial charge in [0, 0.05) is 18.5 Å². The molecule has 0 bridgehead atoms. The van der Waals surface area contributed by atoms with Gasteiger partial charge in [-0.05, 0) is 93.5 Å². The number of ether oxygens (including phenoxy) is 2. The molecule has 204 valence electrons. The van der Waals surface area contributed by atoms with E-state index in [0.717, 1.165) is 48.8 Å². The minimum absolute atomic E-state index is 0.0622. The summed E-state index contributed by atoms with van der Waals surface area (Å²) in [5, 5.41) is 14.4. The van der Waals surface area contributed by atoms with Gasteiger partial charge in [-0.1, -0.05) is 55.8 Å². The highest BCUT2D eigenvalue weighted by Gasteiger charge is 2.28. The van der Waals surface area contributed by atoms with Gasteiger partial charge in [-0.2, -0.15) is 0 Å². The number of aliphatic hydroxyl groups is 1. The number of aryl methyl sites for hydroxylation is 1. The number of fused-ring (bicyclic) bond motifs is 1. The minimum Gasteiger partial charge on any atom is -0.466 e. The van der Waals surface area contributed by atoms with E-state index in [-0.39, 0.29) is 24.2 Å². The number of benzene rings is 2. The molecule has 5 heteroatoms. The van der Waals surface area contributed by atoms with E-state index in [1.165, 1.54) is 11.1 Å². The highest BCUT2D eigenvalue weighted by Crippen LogP contribution is 2.32. The summed E-state index contributed by atoms with van der Waals surface area (Å²) in [7, 11) is 0. The summed E-state index contributed by atoms with van der Waals surface area (Å²) in [5.41, 5.74) is 6.33. The summed E-state index contributed by atoms with van der Waals surface area (Å²) in [4.78, 5) is 12.0. The maximum atomic E-state index is 12.0. The fraction of sp³-hybridized carbons (Fsp3) is 0.594. The molecule has 0 aromatic heterocycles. The first-order valence-corrected chi connectivity index (χ1v) is 14.1. The van der Waals surface area contributed by atoms with Crippen LogP contribution in [0.3, 0.4) is 0 Å². The lowest BCUT2D eigenvalue weighted by Gasteiger charge is -2.31. The van der Waals surface area contributed by atoms with Crippen LogP contribution < -0.4 is 5.32 Å². The summed E-state index contributed by atoms with van der Waals surface area (Å²) in [6.07, 6.45) is 5.48. The molecule has 2 aromatic rings. The van der Waals surface area contributed by atoms with E-state index in [9.17, 15) is 9.90 Å². The van der Waals surface area contributed by atoms with Gasteiger partial charge in [0.15, 0.2) is 0 Å². The van der Waals surface area contributed by atoms with Crippen molar-refractivity contribution < 1.29 is 19.4 Å². The van der Waals surface area contributed by atoms with Gasteiger partial charge >= 0.3 is 5.97 Å². The fourth-order valence-corrected chi connectivity index (χ4v) is 5.69. The second-order valence-corrected chi connectivity index (χ2v) is 11.2. The molecule has 2 aromatic carbocycles. The zero-order chi connectivity index (χ0) is 26.8. The van der Waals surface area contributed by atoms with E-state index in [4.69, 9.17) is 9.47 Å². The van der Waals surface area contributed by atoms with Crippen molar-refractivity contribution in [1.82, 2.24) is 5.32 Å². The average molecular weight is 510 g/mol. The van der Waals surface area contributed by atoms with Crippen molar-refractivity contribution in [3.05, 3.63) is 70.3 Å². The monoisotopic (exact) mass is 509 g/mol. The highest BCUT2D eigenvalue weighted by atomic mass is 16.5. The van der Waals surface area contributed by atoms with E-state index in [0.29, 0.717) is 31.9 Å². The molecule has 0 aliphatic heterocycles.